The second kappa shape index (κ2) is 6.57. The van der Waals surface area contributed by atoms with Gasteiger partial charge in [0.15, 0.2) is 0 Å². The van der Waals surface area contributed by atoms with Crippen LogP contribution in [-0.2, 0) is 9.57 Å². The molecule has 0 aliphatic rings. The number of hydrogen-bond acceptors (Lipinski definition) is 3. The Balaban J connectivity index is 2.55. The molecule has 0 saturated carbocycles. The quantitative estimate of drug-likeness (QED) is 0.666. The Morgan fingerprint density at radius 1 is 1.50 bits per heavy atom. The minimum absolute atomic E-state index is 0.178. The number of rotatable bonds is 5. The van der Waals surface area contributed by atoms with Gasteiger partial charge in [-0.15, -0.1) is 0 Å². The van der Waals surface area contributed by atoms with Gasteiger partial charge in [0.1, 0.15) is 5.82 Å². The molecule has 0 radical (unpaired) electrons. The Hall–Kier alpha value is -0.980. The number of nitrogens with one attached hydrogen (secondary N) is 1. The summed E-state index contributed by atoms with van der Waals surface area (Å²) >= 11 is 3.15. The minimum atomic E-state index is -0.512. The third kappa shape index (κ3) is 3.88. The lowest BCUT2D eigenvalue weighted by Gasteiger charge is -2.06. The monoisotopic (exact) mass is 291 g/mol. The third-order valence-electron chi connectivity index (χ3n) is 1.73. The molecule has 0 atom stereocenters. The second-order valence-corrected chi connectivity index (χ2v) is 3.75. The fraction of sp³-hybridized carbons (Fsp3) is 0.300. The molecule has 1 N–H and O–H groups in total. The van der Waals surface area contributed by atoms with Crippen LogP contribution in [0.3, 0.4) is 0 Å². The summed E-state index contributed by atoms with van der Waals surface area (Å²) < 4.78 is 18.1. The highest BCUT2D eigenvalue weighted by molar-refractivity contribution is 9.10. The van der Waals surface area contributed by atoms with E-state index in [1.54, 1.807) is 0 Å². The number of amides is 1. The molecule has 0 fully saturated rings. The van der Waals surface area contributed by atoms with E-state index in [1.807, 2.05) is 0 Å². The highest BCUT2D eigenvalue weighted by atomic mass is 79.9. The summed E-state index contributed by atoms with van der Waals surface area (Å²) in [5.74, 6) is -0.993. The van der Waals surface area contributed by atoms with Gasteiger partial charge < -0.3 is 4.74 Å². The summed E-state index contributed by atoms with van der Waals surface area (Å²) in [6.07, 6.45) is 0. The summed E-state index contributed by atoms with van der Waals surface area (Å²) in [5.41, 5.74) is 2.36. The van der Waals surface area contributed by atoms with E-state index in [1.165, 1.54) is 19.2 Å². The number of carbonyl (C=O) groups is 1. The zero-order valence-corrected chi connectivity index (χ0v) is 10.2. The summed E-state index contributed by atoms with van der Waals surface area (Å²) in [6.45, 7) is 0.597. The van der Waals surface area contributed by atoms with Crippen molar-refractivity contribution in [1.82, 2.24) is 5.48 Å². The minimum Gasteiger partial charge on any atom is -0.382 e. The van der Waals surface area contributed by atoms with Gasteiger partial charge in [0.05, 0.1) is 18.8 Å². The van der Waals surface area contributed by atoms with Crippen LogP contribution in [-0.4, -0.2) is 26.2 Å². The van der Waals surface area contributed by atoms with Crippen LogP contribution in [0, 0.1) is 5.82 Å². The smallest absolute Gasteiger partial charge is 0.276 e. The van der Waals surface area contributed by atoms with E-state index in [9.17, 15) is 9.18 Å². The molecular weight excluding hydrogens is 281 g/mol. The van der Waals surface area contributed by atoms with Crippen LogP contribution in [0.15, 0.2) is 22.7 Å². The Morgan fingerprint density at radius 3 is 2.94 bits per heavy atom. The molecule has 0 aliphatic carbocycles. The molecule has 6 heteroatoms. The summed E-state index contributed by atoms with van der Waals surface area (Å²) in [5, 5.41) is 0. The van der Waals surface area contributed by atoms with Crippen LogP contribution < -0.4 is 5.48 Å². The molecular formula is C10H11BrFNO3. The molecule has 0 bridgehead atoms. The molecule has 1 aromatic carbocycles. The first-order valence-corrected chi connectivity index (χ1v) is 5.30. The molecule has 0 aromatic heterocycles. The van der Waals surface area contributed by atoms with Crippen molar-refractivity contribution in [3.8, 4) is 0 Å². The van der Waals surface area contributed by atoms with Crippen LogP contribution in [0.25, 0.3) is 0 Å². The van der Waals surface area contributed by atoms with Gasteiger partial charge >= 0.3 is 0 Å². The van der Waals surface area contributed by atoms with E-state index < -0.39 is 11.7 Å². The van der Waals surface area contributed by atoms with E-state index in [4.69, 9.17) is 9.57 Å². The number of carbonyl (C=O) groups excluding carboxylic acids is 1. The lowest BCUT2D eigenvalue weighted by Crippen LogP contribution is -2.25. The van der Waals surface area contributed by atoms with Crippen molar-refractivity contribution in [2.45, 2.75) is 0 Å². The van der Waals surface area contributed by atoms with E-state index >= 15 is 0 Å². The van der Waals surface area contributed by atoms with Crippen molar-refractivity contribution >= 4 is 21.8 Å². The molecule has 0 saturated heterocycles. The molecule has 0 heterocycles. The average molecular weight is 292 g/mol. The largest absolute Gasteiger partial charge is 0.382 e. The molecule has 88 valence electrons. The number of halogens is 2. The molecule has 0 spiro atoms. The third-order valence-corrected chi connectivity index (χ3v) is 2.42. The number of hydrogen-bond donors (Lipinski definition) is 1. The number of benzene rings is 1. The second-order valence-electron chi connectivity index (χ2n) is 2.90. The summed E-state index contributed by atoms with van der Waals surface area (Å²) in [7, 11) is 1.52. The van der Waals surface area contributed by atoms with Crippen molar-refractivity contribution in [2.75, 3.05) is 20.3 Å². The van der Waals surface area contributed by atoms with Gasteiger partial charge in [0.2, 0.25) is 0 Å². The number of methoxy groups -OCH3 is 1. The Bertz CT molecular complexity index is 373. The van der Waals surface area contributed by atoms with E-state index in [2.05, 4.69) is 21.4 Å². The first-order valence-electron chi connectivity index (χ1n) is 4.51. The maximum atomic E-state index is 12.9. The molecule has 16 heavy (non-hydrogen) atoms. The Kier molecular flexibility index (Phi) is 5.37. The predicted molar refractivity (Wildman–Crippen MR) is 59.4 cm³/mol. The Morgan fingerprint density at radius 2 is 2.25 bits per heavy atom. The van der Waals surface area contributed by atoms with E-state index in [-0.39, 0.29) is 12.2 Å². The average Bonchev–Trinajstić information content (AvgIpc) is 2.27. The molecule has 0 aliphatic heterocycles. The van der Waals surface area contributed by atoms with Gasteiger partial charge in [-0.1, -0.05) is 0 Å². The molecule has 0 unspecified atom stereocenters. The number of ether oxygens (including phenoxy) is 1. The van der Waals surface area contributed by atoms with Crippen molar-refractivity contribution in [2.24, 2.45) is 0 Å². The summed E-state index contributed by atoms with van der Waals surface area (Å²) in [6, 6.07) is 3.84. The van der Waals surface area contributed by atoms with E-state index in [0.29, 0.717) is 11.1 Å². The zero-order chi connectivity index (χ0) is 12.0. The van der Waals surface area contributed by atoms with Crippen molar-refractivity contribution < 1.29 is 18.8 Å². The normalized spacial score (nSPS) is 10.2. The zero-order valence-electron chi connectivity index (χ0n) is 8.63. The van der Waals surface area contributed by atoms with Crippen LogP contribution in [0.4, 0.5) is 4.39 Å². The lowest BCUT2D eigenvalue weighted by atomic mass is 10.2. The first kappa shape index (κ1) is 13.1. The van der Waals surface area contributed by atoms with Crippen molar-refractivity contribution in [3.05, 3.63) is 34.1 Å². The van der Waals surface area contributed by atoms with Crippen molar-refractivity contribution in [1.29, 1.82) is 0 Å². The fourth-order valence-electron chi connectivity index (χ4n) is 0.968. The van der Waals surface area contributed by atoms with Gasteiger partial charge in [-0.25, -0.2) is 9.87 Å². The summed E-state index contributed by atoms with van der Waals surface area (Å²) in [4.78, 5) is 16.3. The van der Waals surface area contributed by atoms with Gasteiger partial charge in [-0.05, 0) is 34.1 Å². The van der Waals surface area contributed by atoms with Gasteiger partial charge in [0.25, 0.3) is 5.91 Å². The SMILES string of the molecule is COCCONC(=O)c1cc(F)ccc1Br. The van der Waals surface area contributed by atoms with Crippen LogP contribution in [0.2, 0.25) is 0 Å². The molecule has 1 amide bonds. The highest BCUT2D eigenvalue weighted by Gasteiger charge is 2.10. The molecule has 4 nitrogen and oxygen atoms in total. The Labute approximate surface area is 101 Å². The van der Waals surface area contributed by atoms with Gasteiger partial charge in [-0.3, -0.25) is 9.63 Å². The first-order chi connectivity index (χ1) is 7.65. The highest BCUT2D eigenvalue weighted by Crippen LogP contribution is 2.17. The predicted octanol–water partition coefficient (Wildman–Crippen LogP) is 1.90. The molecule has 1 aromatic rings. The van der Waals surface area contributed by atoms with Crippen LogP contribution in [0.5, 0.6) is 0 Å². The van der Waals surface area contributed by atoms with Gasteiger partial charge in [0, 0.05) is 11.6 Å². The maximum absolute atomic E-state index is 12.9. The van der Waals surface area contributed by atoms with Crippen molar-refractivity contribution in [3.63, 3.8) is 0 Å². The standard InChI is InChI=1S/C10H11BrFNO3/c1-15-4-5-16-13-10(14)8-6-7(12)2-3-9(8)11/h2-3,6H,4-5H2,1H3,(H,13,14). The lowest BCUT2D eigenvalue weighted by molar-refractivity contribution is 0.00881. The topological polar surface area (TPSA) is 47.6 Å². The fourth-order valence-corrected chi connectivity index (χ4v) is 1.39. The van der Waals surface area contributed by atoms with Gasteiger partial charge in [-0.2, -0.15) is 0 Å². The van der Waals surface area contributed by atoms with Crippen LogP contribution >= 0.6 is 15.9 Å². The number of hydroxylamine groups is 1. The molecule has 1 rings (SSSR count). The van der Waals surface area contributed by atoms with E-state index in [0.717, 1.165) is 6.07 Å². The van der Waals surface area contributed by atoms with Crippen LogP contribution in [0.1, 0.15) is 10.4 Å². The maximum Gasteiger partial charge on any atom is 0.276 e.